The van der Waals surface area contributed by atoms with Crippen molar-refractivity contribution >= 4 is 12.0 Å². The molecule has 0 heterocycles. The number of hydrogen-bond acceptors (Lipinski definition) is 3. The van der Waals surface area contributed by atoms with E-state index in [4.69, 9.17) is 4.74 Å². The van der Waals surface area contributed by atoms with Crippen molar-refractivity contribution in [3.63, 3.8) is 0 Å². The Morgan fingerprint density at radius 3 is 2.38 bits per heavy atom. The third-order valence-corrected chi connectivity index (χ3v) is 3.50. The van der Waals surface area contributed by atoms with Crippen LogP contribution in [0.1, 0.15) is 46.1 Å². The molecular weight excluding hydrogens is 304 g/mol. The van der Waals surface area contributed by atoms with Gasteiger partial charge in [-0.1, -0.05) is 43.7 Å². The van der Waals surface area contributed by atoms with Gasteiger partial charge in [0.15, 0.2) is 0 Å². The van der Waals surface area contributed by atoms with Gasteiger partial charge >= 0.3 is 6.09 Å². The van der Waals surface area contributed by atoms with Gasteiger partial charge in [-0.2, -0.15) is 0 Å². The molecule has 0 radical (unpaired) electrons. The Morgan fingerprint density at radius 2 is 1.83 bits per heavy atom. The van der Waals surface area contributed by atoms with E-state index >= 15 is 0 Å². The summed E-state index contributed by atoms with van der Waals surface area (Å²) in [4.78, 5) is 26.5. The van der Waals surface area contributed by atoms with E-state index in [0.717, 1.165) is 18.4 Å². The Labute approximate surface area is 145 Å². The van der Waals surface area contributed by atoms with E-state index in [9.17, 15) is 9.59 Å². The van der Waals surface area contributed by atoms with Crippen molar-refractivity contribution in [2.24, 2.45) is 0 Å². The number of carbonyl (C=O) groups is 2. The minimum Gasteiger partial charge on any atom is -0.444 e. The largest absolute Gasteiger partial charge is 0.444 e. The third kappa shape index (κ3) is 7.49. The number of alkyl carbamates (subject to hydrolysis) is 1. The molecule has 0 bridgehead atoms. The lowest BCUT2D eigenvalue weighted by Crippen LogP contribution is -2.50. The monoisotopic (exact) mass is 334 g/mol. The number of nitrogens with one attached hydrogen (secondary N) is 1. The molecule has 0 saturated carbocycles. The van der Waals surface area contributed by atoms with Crippen molar-refractivity contribution in [1.82, 2.24) is 10.2 Å². The van der Waals surface area contributed by atoms with E-state index in [1.807, 2.05) is 30.3 Å². The van der Waals surface area contributed by atoms with Gasteiger partial charge in [0.25, 0.3) is 0 Å². The second kappa shape index (κ2) is 9.30. The number of unbranched alkanes of at least 4 members (excludes halogenated alkanes) is 1. The van der Waals surface area contributed by atoms with E-state index < -0.39 is 17.7 Å². The number of amides is 2. The minimum atomic E-state index is -0.635. The topological polar surface area (TPSA) is 58.6 Å². The van der Waals surface area contributed by atoms with Crippen molar-refractivity contribution in [2.75, 3.05) is 13.6 Å². The van der Waals surface area contributed by atoms with Gasteiger partial charge in [0.2, 0.25) is 5.91 Å². The summed E-state index contributed by atoms with van der Waals surface area (Å²) < 4.78 is 5.30. The SMILES string of the molecule is CCCCN(C)C(=O)[C@H](Cc1ccccc1)NC(=O)OC(C)(C)C. The molecule has 0 aliphatic rings. The van der Waals surface area contributed by atoms with Gasteiger partial charge in [0.1, 0.15) is 11.6 Å². The summed E-state index contributed by atoms with van der Waals surface area (Å²) in [5.74, 6) is -0.0989. The number of carbonyl (C=O) groups excluding carboxylic acids is 2. The van der Waals surface area contributed by atoms with Crippen LogP contribution in [0.3, 0.4) is 0 Å². The van der Waals surface area contributed by atoms with E-state index in [0.29, 0.717) is 13.0 Å². The molecule has 1 aromatic rings. The predicted octanol–water partition coefficient (Wildman–Crippen LogP) is 3.38. The highest BCUT2D eigenvalue weighted by Gasteiger charge is 2.26. The Balaban J connectivity index is 2.82. The van der Waals surface area contributed by atoms with E-state index in [-0.39, 0.29) is 5.91 Å². The third-order valence-electron chi connectivity index (χ3n) is 3.50. The summed E-state index contributed by atoms with van der Waals surface area (Å²) in [5.41, 5.74) is 0.397. The fourth-order valence-electron chi connectivity index (χ4n) is 2.27. The molecule has 0 spiro atoms. The summed E-state index contributed by atoms with van der Waals surface area (Å²) >= 11 is 0. The van der Waals surface area contributed by atoms with E-state index in [2.05, 4.69) is 12.2 Å². The Bertz CT molecular complexity index is 523. The molecule has 1 atom stereocenters. The standard InChI is InChI=1S/C19H30N2O3/c1-6-7-13-21(5)17(22)16(14-15-11-9-8-10-12-15)20-18(23)24-19(2,3)4/h8-12,16H,6-7,13-14H2,1-5H3,(H,20,23)/t16-/m0/s1. The molecule has 0 unspecified atom stereocenters. The maximum atomic E-state index is 12.7. The lowest BCUT2D eigenvalue weighted by molar-refractivity contribution is -0.132. The average molecular weight is 334 g/mol. The average Bonchev–Trinajstić information content (AvgIpc) is 2.50. The van der Waals surface area contributed by atoms with Gasteiger partial charge in [0, 0.05) is 20.0 Å². The van der Waals surface area contributed by atoms with Gasteiger partial charge in [-0.25, -0.2) is 4.79 Å². The molecule has 24 heavy (non-hydrogen) atoms. The summed E-state index contributed by atoms with van der Waals surface area (Å²) in [6.45, 7) is 8.16. The first-order valence-corrected chi connectivity index (χ1v) is 8.51. The summed E-state index contributed by atoms with van der Waals surface area (Å²) in [5, 5.41) is 2.73. The fourth-order valence-corrected chi connectivity index (χ4v) is 2.27. The highest BCUT2D eigenvalue weighted by Crippen LogP contribution is 2.10. The van der Waals surface area contributed by atoms with Crippen LogP contribution in [0.4, 0.5) is 4.79 Å². The van der Waals surface area contributed by atoms with Crippen LogP contribution in [0, 0.1) is 0 Å². The smallest absolute Gasteiger partial charge is 0.408 e. The molecule has 5 nitrogen and oxygen atoms in total. The lowest BCUT2D eigenvalue weighted by atomic mass is 10.0. The maximum Gasteiger partial charge on any atom is 0.408 e. The van der Waals surface area contributed by atoms with Crippen molar-refractivity contribution < 1.29 is 14.3 Å². The van der Waals surface area contributed by atoms with Crippen LogP contribution >= 0.6 is 0 Å². The van der Waals surface area contributed by atoms with Crippen LogP contribution in [-0.2, 0) is 16.0 Å². The van der Waals surface area contributed by atoms with Crippen LogP contribution in [0.25, 0.3) is 0 Å². The number of likely N-dealkylation sites (N-methyl/N-ethyl adjacent to an activating group) is 1. The first kappa shape index (κ1) is 20.0. The van der Waals surface area contributed by atoms with Gasteiger partial charge in [-0.15, -0.1) is 0 Å². The predicted molar refractivity (Wildman–Crippen MR) is 95.8 cm³/mol. The zero-order valence-electron chi connectivity index (χ0n) is 15.5. The summed E-state index contributed by atoms with van der Waals surface area (Å²) in [6, 6.07) is 9.03. The lowest BCUT2D eigenvalue weighted by Gasteiger charge is -2.26. The number of ether oxygens (including phenoxy) is 1. The molecule has 134 valence electrons. The molecular formula is C19H30N2O3. The zero-order chi connectivity index (χ0) is 18.2. The van der Waals surface area contributed by atoms with E-state index in [1.54, 1.807) is 32.7 Å². The van der Waals surface area contributed by atoms with Gasteiger partial charge in [-0.3, -0.25) is 4.79 Å². The Hall–Kier alpha value is -2.04. The number of benzene rings is 1. The van der Waals surface area contributed by atoms with Crippen LogP contribution in [0.2, 0.25) is 0 Å². The molecule has 0 aliphatic carbocycles. The zero-order valence-corrected chi connectivity index (χ0v) is 15.5. The molecule has 0 saturated heterocycles. The minimum absolute atomic E-state index is 0.0989. The van der Waals surface area contributed by atoms with Crippen molar-refractivity contribution in [3.8, 4) is 0 Å². The second-order valence-corrected chi connectivity index (χ2v) is 7.00. The molecule has 5 heteroatoms. The molecule has 1 N–H and O–H groups in total. The van der Waals surface area contributed by atoms with E-state index in [1.165, 1.54) is 0 Å². The number of hydrogen-bond donors (Lipinski definition) is 1. The second-order valence-electron chi connectivity index (χ2n) is 7.00. The van der Waals surface area contributed by atoms with Crippen LogP contribution < -0.4 is 5.32 Å². The highest BCUT2D eigenvalue weighted by atomic mass is 16.6. The Kier molecular flexibility index (Phi) is 7.75. The molecule has 2 amide bonds. The highest BCUT2D eigenvalue weighted by molar-refractivity contribution is 5.85. The van der Waals surface area contributed by atoms with Crippen molar-refractivity contribution in [2.45, 2.75) is 58.6 Å². The van der Waals surface area contributed by atoms with Crippen LogP contribution in [0.15, 0.2) is 30.3 Å². The Morgan fingerprint density at radius 1 is 1.21 bits per heavy atom. The fraction of sp³-hybridized carbons (Fsp3) is 0.579. The summed E-state index contributed by atoms with van der Waals surface area (Å²) in [7, 11) is 1.77. The normalized spacial score (nSPS) is 12.4. The molecule has 0 fully saturated rings. The quantitative estimate of drug-likeness (QED) is 0.831. The van der Waals surface area contributed by atoms with Crippen LogP contribution in [-0.4, -0.2) is 42.1 Å². The summed E-state index contributed by atoms with van der Waals surface area (Å²) in [6.07, 6.45) is 1.82. The van der Waals surface area contributed by atoms with Gasteiger partial charge in [-0.05, 0) is 32.8 Å². The van der Waals surface area contributed by atoms with Crippen molar-refractivity contribution in [1.29, 1.82) is 0 Å². The van der Waals surface area contributed by atoms with Gasteiger partial charge in [0.05, 0.1) is 0 Å². The van der Waals surface area contributed by atoms with Crippen molar-refractivity contribution in [3.05, 3.63) is 35.9 Å². The first-order chi connectivity index (χ1) is 11.2. The number of nitrogens with zero attached hydrogens (tertiary/aromatic N) is 1. The maximum absolute atomic E-state index is 12.7. The van der Waals surface area contributed by atoms with Gasteiger partial charge < -0.3 is 15.0 Å². The first-order valence-electron chi connectivity index (χ1n) is 8.51. The molecule has 1 aromatic carbocycles. The number of rotatable bonds is 7. The van der Waals surface area contributed by atoms with Crippen LogP contribution in [0.5, 0.6) is 0 Å². The molecule has 0 aromatic heterocycles. The molecule has 0 aliphatic heterocycles. The molecule has 1 rings (SSSR count).